The van der Waals surface area contributed by atoms with Crippen LogP contribution in [0.5, 0.6) is 0 Å². The molecule has 0 spiro atoms. The van der Waals surface area contributed by atoms with E-state index in [2.05, 4.69) is 67.5 Å². The van der Waals surface area contributed by atoms with Gasteiger partial charge in [-0.2, -0.15) is 5.10 Å². The van der Waals surface area contributed by atoms with Gasteiger partial charge in [0.25, 0.3) is 0 Å². The van der Waals surface area contributed by atoms with Crippen LogP contribution in [0.15, 0.2) is 60.8 Å². The van der Waals surface area contributed by atoms with E-state index in [0.29, 0.717) is 0 Å². The van der Waals surface area contributed by atoms with Crippen molar-refractivity contribution in [3.8, 4) is 0 Å². The first-order valence-electron chi connectivity index (χ1n) is 9.57. The van der Waals surface area contributed by atoms with Crippen LogP contribution in [0.1, 0.15) is 5.69 Å². The van der Waals surface area contributed by atoms with Gasteiger partial charge in [-0.25, -0.2) is 0 Å². The van der Waals surface area contributed by atoms with Crippen molar-refractivity contribution in [1.29, 1.82) is 0 Å². The van der Waals surface area contributed by atoms with Crippen molar-refractivity contribution >= 4 is 33.2 Å². The summed E-state index contributed by atoms with van der Waals surface area (Å²) in [7, 11) is 0. The third kappa shape index (κ3) is 4.02. The first-order chi connectivity index (χ1) is 13.8. The average molecular weight is 372 g/mol. The summed E-state index contributed by atoms with van der Waals surface area (Å²) in [5, 5.41) is 22.2. The molecule has 0 aliphatic heterocycles. The quantitative estimate of drug-likeness (QED) is 0.410. The van der Waals surface area contributed by atoms with Gasteiger partial charge >= 0.3 is 0 Å². The van der Waals surface area contributed by atoms with Crippen LogP contribution in [0.2, 0.25) is 0 Å². The normalized spacial score (nSPS) is 11.0. The van der Waals surface area contributed by atoms with E-state index < -0.39 is 0 Å². The summed E-state index contributed by atoms with van der Waals surface area (Å²) in [6, 6.07) is 18.5. The van der Waals surface area contributed by atoms with Gasteiger partial charge in [0.2, 0.25) is 0 Å². The molecule has 0 atom stereocenters. The SMILES string of the molecule is Cc1nnc(NCCNCCNc2cccc3cccnc23)c2ccccc12. The Morgan fingerprint density at radius 1 is 0.750 bits per heavy atom. The first kappa shape index (κ1) is 18.1. The number of hydrogen-bond donors (Lipinski definition) is 3. The molecule has 0 saturated heterocycles. The molecule has 2 aromatic heterocycles. The van der Waals surface area contributed by atoms with Crippen LogP contribution in [0.3, 0.4) is 0 Å². The maximum atomic E-state index is 4.47. The number of pyridine rings is 1. The Morgan fingerprint density at radius 3 is 2.43 bits per heavy atom. The number of benzene rings is 2. The first-order valence-corrected chi connectivity index (χ1v) is 9.57. The molecular weight excluding hydrogens is 348 g/mol. The second-order valence-electron chi connectivity index (χ2n) is 6.66. The molecule has 142 valence electrons. The maximum Gasteiger partial charge on any atom is 0.156 e. The lowest BCUT2D eigenvalue weighted by Gasteiger charge is -2.11. The van der Waals surface area contributed by atoms with E-state index in [1.54, 1.807) is 0 Å². The molecule has 6 heteroatoms. The predicted molar refractivity (Wildman–Crippen MR) is 116 cm³/mol. The fourth-order valence-corrected chi connectivity index (χ4v) is 3.30. The summed E-state index contributed by atoms with van der Waals surface area (Å²) >= 11 is 0. The number of nitrogens with one attached hydrogen (secondary N) is 3. The van der Waals surface area contributed by atoms with Crippen LogP contribution < -0.4 is 16.0 Å². The number of aromatic nitrogens is 3. The van der Waals surface area contributed by atoms with Crippen LogP contribution in [0.25, 0.3) is 21.7 Å². The molecule has 4 rings (SSSR count). The van der Waals surface area contributed by atoms with Gasteiger partial charge in [-0.15, -0.1) is 5.10 Å². The molecule has 0 unspecified atom stereocenters. The van der Waals surface area contributed by atoms with E-state index in [4.69, 9.17) is 0 Å². The van der Waals surface area contributed by atoms with Crippen molar-refractivity contribution in [1.82, 2.24) is 20.5 Å². The van der Waals surface area contributed by atoms with Crippen LogP contribution in [0, 0.1) is 6.92 Å². The Morgan fingerprint density at radius 2 is 1.54 bits per heavy atom. The zero-order chi connectivity index (χ0) is 19.2. The topological polar surface area (TPSA) is 74.8 Å². The van der Waals surface area contributed by atoms with Crippen molar-refractivity contribution in [3.05, 3.63) is 66.5 Å². The highest BCUT2D eigenvalue weighted by Crippen LogP contribution is 2.22. The smallest absolute Gasteiger partial charge is 0.156 e. The minimum absolute atomic E-state index is 0.789. The minimum atomic E-state index is 0.789. The molecule has 4 aromatic rings. The molecule has 28 heavy (non-hydrogen) atoms. The number of anilines is 2. The molecular formula is C22H24N6. The number of nitrogens with zero attached hydrogens (tertiary/aromatic N) is 3. The van der Waals surface area contributed by atoms with Crippen LogP contribution in [-0.2, 0) is 0 Å². The summed E-state index contributed by atoms with van der Waals surface area (Å²) in [5.41, 5.74) is 3.03. The largest absolute Gasteiger partial charge is 0.382 e. The van der Waals surface area contributed by atoms with Gasteiger partial charge in [-0.1, -0.05) is 42.5 Å². The lowest BCUT2D eigenvalue weighted by atomic mass is 10.1. The Balaban J connectivity index is 1.23. The Bertz CT molecular complexity index is 1070. The molecule has 0 radical (unpaired) electrons. The van der Waals surface area contributed by atoms with Gasteiger partial charge in [-0.05, 0) is 19.1 Å². The predicted octanol–water partition coefficient (Wildman–Crippen LogP) is 3.60. The molecule has 0 amide bonds. The molecule has 0 saturated carbocycles. The fraction of sp³-hybridized carbons (Fsp3) is 0.227. The van der Waals surface area contributed by atoms with E-state index in [1.807, 2.05) is 31.3 Å². The fourth-order valence-electron chi connectivity index (χ4n) is 3.30. The third-order valence-corrected chi connectivity index (χ3v) is 4.72. The molecule has 0 fully saturated rings. The summed E-state index contributed by atoms with van der Waals surface area (Å²) in [4.78, 5) is 4.47. The van der Waals surface area contributed by atoms with E-state index in [0.717, 1.165) is 65.1 Å². The maximum absolute atomic E-state index is 4.47. The van der Waals surface area contributed by atoms with Gasteiger partial charge in [-0.3, -0.25) is 4.98 Å². The van der Waals surface area contributed by atoms with Crippen LogP contribution in [-0.4, -0.2) is 41.4 Å². The monoisotopic (exact) mass is 372 g/mol. The molecule has 0 aliphatic rings. The zero-order valence-corrected chi connectivity index (χ0v) is 15.9. The average Bonchev–Trinajstić information content (AvgIpc) is 2.75. The van der Waals surface area contributed by atoms with E-state index in [-0.39, 0.29) is 0 Å². The molecule has 2 aromatic carbocycles. The Hall–Kier alpha value is -3.25. The number of fused-ring (bicyclic) bond motifs is 2. The molecule has 2 heterocycles. The van der Waals surface area contributed by atoms with Gasteiger partial charge in [0, 0.05) is 48.5 Å². The van der Waals surface area contributed by atoms with Crippen LogP contribution in [0.4, 0.5) is 11.5 Å². The molecule has 3 N–H and O–H groups in total. The lowest BCUT2D eigenvalue weighted by molar-refractivity contribution is 0.718. The molecule has 6 nitrogen and oxygen atoms in total. The number of aryl methyl sites for hydroxylation is 1. The van der Waals surface area contributed by atoms with E-state index >= 15 is 0 Å². The standard InChI is InChI=1S/C22H24N6/c1-16-18-8-2-3-9-19(18)22(28-27-16)26-15-13-23-12-14-24-20-10-4-6-17-7-5-11-25-21(17)20/h2-11,23-24H,12-15H2,1H3,(H,26,28). The second kappa shape index (κ2) is 8.63. The number of para-hydroxylation sites is 1. The van der Waals surface area contributed by atoms with Crippen molar-refractivity contribution in [2.75, 3.05) is 36.8 Å². The summed E-state index contributed by atoms with van der Waals surface area (Å²) in [6.45, 7) is 5.32. The second-order valence-corrected chi connectivity index (χ2v) is 6.66. The Kier molecular flexibility index (Phi) is 5.58. The lowest BCUT2D eigenvalue weighted by Crippen LogP contribution is -2.27. The Labute approximate surface area is 164 Å². The summed E-state index contributed by atoms with van der Waals surface area (Å²) < 4.78 is 0. The molecule has 0 aliphatic carbocycles. The van der Waals surface area contributed by atoms with Gasteiger partial charge in [0.05, 0.1) is 16.9 Å². The van der Waals surface area contributed by atoms with Crippen molar-refractivity contribution in [2.24, 2.45) is 0 Å². The highest BCUT2D eigenvalue weighted by atomic mass is 15.2. The highest BCUT2D eigenvalue weighted by molar-refractivity contribution is 5.93. The van der Waals surface area contributed by atoms with Crippen molar-refractivity contribution in [2.45, 2.75) is 6.92 Å². The van der Waals surface area contributed by atoms with Crippen molar-refractivity contribution < 1.29 is 0 Å². The summed E-state index contributed by atoms with van der Waals surface area (Å²) in [5.74, 6) is 0.836. The van der Waals surface area contributed by atoms with Crippen LogP contribution >= 0.6 is 0 Å². The van der Waals surface area contributed by atoms with Gasteiger partial charge < -0.3 is 16.0 Å². The minimum Gasteiger partial charge on any atom is -0.382 e. The highest BCUT2D eigenvalue weighted by Gasteiger charge is 2.05. The van der Waals surface area contributed by atoms with E-state index in [9.17, 15) is 0 Å². The van der Waals surface area contributed by atoms with Gasteiger partial charge in [0.15, 0.2) is 5.82 Å². The van der Waals surface area contributed by atoms with Gasteiger partial charge in [0.1, 0.15) is 0 Å². The van der Waals surface area contributed by atoms with Crippen molar-refractivity contribution in [3.63, 3.8) is 0 Å². The number of rotatable bonds is 8. The zero-order valence-electron chi connectivity index (χ0n) is 15.9. The number of hydrogen-bond acceptors (Lipinski definition) is 6. The van der Waals surface area contributed by atoms with E-state index in [1.165, 1.54) is 0 Å². The third-order valence-electron chi connectivity index (χ3n) is 4.72. The molecule has 0 bridgehead atoms. The summed E-state index contributed by atoms with van der Waals surface area (Å²) in [6.07, 6.45) is 1.83.